The molecule has 3 rings (SSSR count). The van der Waals surface area contributed by atoms with Gasteiger partial charge in [0.05, 0.1) is 12.2 Å². The van der Waals surface area contributed by atoms with Gasteiger partial charge in [-0.3, -0.25) is 47.9 Å². The van der Waals surface area contributed by atoms with Gasteiger partial charge in [-0.2, -0.15) is 0 Å². The molecular weight excluding hydrogens is 1030 g/mol. The Balaban J connectivity index is 2.04. The normalized spacial score (nSPS) is 26.3. The van der Waals surface area contributed by atoms with Crippen molar-refractivity contribution in [3.8, 4) is 0 Å². The van der Waals surface area contributed by atoms with Crippen LogP contribution in [0.3, 0.4) is 0 Å². The van der Waals surface area contributed by atoms with E-state index in [9.17, 15) is 58.2 Å². The fraction of sp³-hybridized carbons (Fsp3) is 0.808. The number of nitrogens with one attached hydrogen (secondary N) is 10. The molecule has 1 aliphatic heterocycles. The van der Waals surface area contributed by atoms with Crippen LogP contribution < -0.4 is 81.8 Å². The summed E-state index contributed by atoms with van der Waals surface area (Å²) in [5.41, 5.74) is 29.7. The van der Waals surface area contributed by atoms with Crippen molar-refractivity contribution < 1.29 is 58.2 Å². The highest BCUT2D eigenvalue weighted by atomic mass is 16.3. The fourth-order valence-corrected chi connectivity index (χ4v) is 10.4. The van der Waals surface area contributed by atoms with Gasteiger partial charge in [-0.15, -0.1) is 0 Å². The Hall–Kier alpha value is -5.58. The molecular formula is C52H95N15O12. The van der Waals surface area contributed by atoms with Crippen molar-refractivity contribution in [2.45, 2.75) is 203 Å². The molecule has 2 saturated carbocycles. The first-order valence-electron chi connectivity index (χ1n) is 28.4. The first-order valence-corrected chi connectivity index (χ1v) is 28.4. The summed E-state index contributed by atoms with van der Waals surface area (Å²) in [6.45, 7) is 5.07. The summed E-state index contributed by atoms with van der Waals surface area (Å²) in [6.07, 6.45) is 5.78. The molecule has 1 heterocycles. The quantitative estimate of drug-likeness (QED) is 0.0484. The number of carbonyl (C=O) groups excluding carboxylic acids is 10. The zero-order valence-corrected chi connectivity index (χ0v) is 46.8. The van der Waals surface area contributed by atoms with Crippen LogP contribution >= 0.6 is 0 Å². The molecule has 27 nitrogen and oxygen atoms in total. The van der Waals surface area contributed by atoms with E-state index in [0.29, 0.717) is 0 Å². The van der Waals surface area contributed by atoms with Crippen molar-refractivity contribution in [2.75, 3.05) is 39.3 Å². The smallest absolute Gasteiger partial charge is 0.245 e. The predicted molar refractivity (Wildman–Crippen MR) is 293 cm³/mol. The first-order chi connectivity index (χ1) is 37.6. The molecule has 0 radical (unpaired) electrons. The Morgan fingerprint density at radius 3 is 1.53 bits per heavy atom. The van der Waals surface area contributed by atoms with Crippen LogP contribution in [0, 0.1) is 23.7 Å². The summed E-state index contributed by atoms with van der Waals surface area (Å²) in [7, 11) is 0. The molecule has 0 aromatic heterocycles. The van der Waals surface area contributed by atoms with E-state index in [0.717, 1.165) is 64.2 Å². The van der Waals surface area contributed by atoms with Crippen LogP contribution in [0.1, 0.15) is 137 Å². The minimum absolute atomic E-state index is 0.00441. The molecule has 3 fully saturated rings. The lowest BCUT2D eigenvalue weighted by Crippen LogP contribution is -2.62. The number of rotatable bonds is 22. The molecule has 0 spiro atoms. The molecule has 450 valence electrons. The van der Waals surface area contributed by atoms with Crippen molar-refractivity contribution in [2.24, 2.45) is 52.3 Å². The molecule has 79 heavy (non-hydrogen) atoms. The SMILES string of the molecule is CC(C)C[C@@H]1NC(=O)[C@@H](CC2CCCCC2)NC(=O)[C@H](CCN)NC(=O)[C@@H](NC(=O)[C@H](CN)NC(=O)[C@@H](NC(=O)C[C@H](CN)C2CCCCC2)[C@@H](C)O)CCNC(=O)[C@H]([C@@H](C)O)NC(=O)[C@H](CCN)NC(=O)[C@H](CCN)NC1=O. The van der Waals surface area contributed by atoms with Gasteiger partial charge in [-0.25, -0.2) is 0 Å². The summed E-state index contributed by atoms with van der Waals surface area (Å²) in [5, 5.41) is 47.2. The molecule has 1 saturated heterocycles. The van der Waals surface area contributed by atoms with Crippen LogP contribution in [0.5, 0.6) is 0 Å². The average Bonchev–Trinajstić information content (AvgIpc) is 3.41. The largest absolute Gasteiger partial charge is 0.391 e. The third kappa shape index (κ3) is 22.8. The van der Waals surface area contributed by atoms with E-state index in [-0.39, 0.29) is 88.4 Å². The van der Waals surface area contributed by atoms with Gasteiger partial charge >= 0.3 is 0 Å². The average molecular weight is 1120 g/mol. The maximum Gasteiger partial charge on any atom is 0.245 e. The summed E-state index contributed by atoms with van der Waals surface area (Å²) < 4.78 is 0. The molecule has 0 aromatic carbocycles. The van der Waals surface area contributed by atoms with Gasteiger partial charge in [-0.1, -0.05) is 78.1 Å². The minimum Gasteiger partial charge on any atom is -0.391 e. The van der Waals surface area contributed by atoms with Crippen LogP contribution in [0.2, 0.25) is 0 Å². The first kappa shape index (κ1) is 67.7. The van der Waals surface area contributed by atoms with Crippen molar-refractivity contribution in [3.63, 3.8) is 0 Å². The maximum atomic E-state index is 14.4. The number of aliphatic hydroxyl groups is 2. The number of carbonyl (C=O) groups is 10. The van der Waals surface area contributed by atoms with E-state index in [4.69, 9.17) is 28.7 Å². The lowest BCUT2D eigenvalue weighted by molar-refractivity contribution is -0.136. The van der Waals surface area contributed by atoms with E-state index in [2.05, 4.69) is 53.2 Å². The molecule has 0 unspecified atom stereocenters. The Morgan fingerprint density at radius 1 is 0.557 bits per heavy atom. The summed E-state index contributed by atoms with van der Waals surface area (Å²) in [4.78, 5) is 140. The van der Waals surface area contributed by atoms with E-state index in [1.807, 2.05) is 13.8 Å². The zero-order chi connectivity index (χ0) is 58.8. The number of nitrogens with two attached hydrogens (primary N) is 5. The Labute approximate surface area is 464 Å². The van der Waals surface area contributed by atoms with Crippen molar-refractivity contribution >= 4 is 59.1 Å². The van der Waals surface area contributed by atoms with Gasteiger partial charge in [-0.05, 0) is 102 Å². The number of hydrogen-bond acceptors (Lipinski definition) is 17. The second-order valence-electron chi connectivity index (χ2n) is 22.0. The zero-order valence-electron chi connectivity index (χ0n) is 46.8. The van der Waals surface area contributed by atoms with Crippen LogP contribution in [-0.4, -0.2) is 175 Å². The van der Waals surface area contributed by atoms with Crippen molar-refractivity contribution in [1.29, 1.82) is 0 Å². The summed E-state index contributed by atoms with van der Waals surface area (Å²) >= 11 is 0. The topological polar surface area (TPSA) is 462 Å². The monoisotopic (exact) mass is 1120 g/mol. The van der Waals surface area contributed by atoms with Gasteiger partial charge < -0.3 is 92.0 Å². The van der Waals surface area contributed by atoms with Gasteiger partial charge in [0.15, 0.2) is 0 Å². The van der Waals surface area contributed by atoms with Crippen LogP contribution in [0.25, 0.3) is 0 Å². The third-order valence-corrected chi connectivity index (χ3v) is 15.0. The molecule has 22 N–H and O–H groups in total. The molecule has 0 aromatic rings. The minimum atomic E-state index is -1.65. The standard InChI is InChI=1S/C52H95N15O12/c1-28(2)23-38-48(75)61-34(15-19-53)44(71)60-36(17-21-55)47(74)67-42(29(3)68)51(78)58-22-18-37(46(73)59-35(16-20-54)45(72)64-39(49(76)63-38)24-31-11-7-5-8-12-31)62-50(77)40(27-57)65-52(79)43(30(4)69)66-41(70)25-33(26-56)32-13-9-6-10-14-32/h28-40,42-43,68-69H,5-27,53-57H2,1-4H3,(H,58,78)(H,59,73)(H,60,71)(H,61,75)(H,62,77)(H,63,76)(H,64,72)(H,65,79)(H,66,70)(H,67,74)/t29-,30-,33-,34+,35+,36+,37+,38+,39-,40+,42+,43+/m1/s1. The highest BCUT2D eigenvalue weighted by molar-refractivity contribution is 5.99. The molecule has 0 bridgehead atoms. The Kier molecular flexibility index (Phi) is 30.2. The van der Waals surface area contributed by atoms with Crippen molar-refractivity contribution in [3.05, 3.63) is 0 Å². The van der Waals surface area contributed by atoms with Gasteiger partial charge in [0.2, 0.25) is 59.1 Å². The molecule has 10 amide bonds. The van der Waals surface area contributed by atoms with E-state index in [1.165, 1.54) is 13.8 Å². The van der Waals surface area contributed by atoms with Gasteiger partial charge in [0.1, 0.15) is 54.4 Å². The second-order valence-corrected chi connectivity index (χ2v) is 22.0. The highest BCUT2D eigenvalue weighted by Gasteiger charge is 2.38. The van der Waals surface area contributed by atoms with Crippen LogP contribution in [-0.2, 0) is 47.9 Å². The van der Waals surface area contributed by atoms with E-state index < -0.39 is 145 Å². The Morgan fingerprint density at radius 2 is 1.04 bits per heavy atom. The van der Waals surface area contributed by atoms with E-state index in [1.54, 1.807) is 0 Å². The van der Waals surface area contributed by atoms with Gasteiger partial charge in [0.25, 0.3) is 0 Å². The summed E-state index contributed by atoms with van der Waals surface area (Å²) in [6, 6.07) is -13.0. The van der Waals surface area contributed by atoms with E-state index >= 15 is 0 Å². The molecule has 2 aliphatic carbocycles. The molecule has 3 aliphatic rings. The summed E-state index contributed by atoms with van der Waals surface area (Å²) in [5.74, 6) is -8.58. The number of amides is 10. The maximum absolute atomic E-state index is 14.4. The Bertz CT molecular complexity index is 2000. The lowest BCUT2D eigenvalue weighted by atomic mass is 9.78. The third-order valence-electron chi connectivity index (χ3n) is 15.0. The molecule has 12 atom stereocenters. The fourth-order valence-electron chi connectivity index (χ4n) is 10.4. The highest BCUT2D eigenvalue weighted by Crippen LogP contribution is 2.31. The number of hydrogen-bond donors (Lipinski definition) is 17. The number of aliphatic hydroxyl groups excluding tert-OH is 2. The van der Waals surface area contributed by atoms with Crippen LogP contribution in [0.4, 0.5) is 0 Å². The van der Waals surface area contributed by atoms with Crippen molar-refractivity contribution in [1.82, 2.24) is 53.2 Å². The second kappa shape index (κ2) is 35.2. The predicted octanol–water partition coefficient (Wildman–Crippen LogP) is -4.80. The van der Waals surface area contributed by atoms with Crippen LogP contribution in [0.15, 0.2) is 0 Å². The molecule has 27 heteroatoms. The lowest BCUT2D eigenvalue weighted by Gasteiger charge is -2.30. The van der Waals surface area contributed by atoms with Gasteiger partial charge in [0, 0.05) is 19.5 Å².